The summed E-state index contributed by atoms with van der Waals surface area (Å²) in [5.41, 5.74) is 2.36. The van der Waals surface area contributed by atoms with Gasteiger partial charge >= 0.3 is 5.97 Å². The summed E-state index contributed by atoms with van der Waals surface area (Å²) in [6.07, 6.45) is 6.02. The van der Waals surface area contributed by atoms with Crippen LogP contribution in [0.15, 0.2) is 12.1 Å². The zero-order chi connectivity index (χ0) is 13.1. The van der Waals surface area contributed by atoms with E-state index in [0.717, 1.165) is 29.7 Å². The van der Waals surface area contributed by atoms with E-state index in [-0.39, 0.29) is 0 Å². The van der Waals surface area contributed by atoms with Crippen LogP contribution in [0.5, 0.6) is 5.75 Å². The summed E-state index contributed by atoms with van der Waals surface area (Å²) >= 11 is 0. The lowest BCUT2D eigenvalue weighted by molar-refractivity contribution is 0.0696. The van der Waals surface area contributed by atoms with Gasteiger partial charge in [-0.15, -0.1) is 0 Å². The van der Waals surface area contributed by atoms with Crippen molar-refractivity contribution in [3.05, 3.63) is 28.8 Å². The number of methoxy groups -OCH3 is 1. The molecule has 1 aliphatic carbocycles. The number of hydrogen-bond acceptors (Lipinski definition) is 2. The fourth-order valence-corrected chi connectivity index (χ4v) is 2.92. The maximum absolute atomic E-state index is 11.1. The van der Waals surface area contributed by atoms with Crippen LogP contribution in [0.25, 0.3) is 0 Å². The second-order valence-electron chi connectivity index (χ2n) is 5.06. The van der Waals surface area contributed by atoms with E-state index >= 15 is 0 Å². The van der Waals surface area contributed by atoms with E-state index in [0.29, 0.717) is 11.5 Å². The minimum Gasteiger partial charge on any atom is -0.496 e. The summed E-state index contributed by atoms with van der Waals surface area (Å²) in [5.74, 6) is 0.455. The van der Waals surface area contributed by atoms with Crippen molar-refractivity contribution in [2.24, 2.45) is 0 Å². The van der Waals surface area contributed by atoms with Crippen LogP contribution in [0.4, 0.5) is 0 Å². The van der Waals surface area contributed by atoms with Gasteiger partial charge in [0.05, 0.1) is 12.7 Å². The van der Waals surface area contributed by atoms with Crippen molar-refractivity contribution >= 4 is 5.97 Å². The first-order valence-corrected chi connectivity index (χ1v) is 6.55. The lowest BCUT2D eigenvalue weighted by Crippen LogP contribution is -2.09. The van der Waals surface area contributed by atoms with Crippen molar-refractivity contribution in [1.29, 1.82) is 0 Å². The number of ether oxygens (including phenoxy) is 1. The van der Waals surface area contributed by atoms with Gasteiger partial charge in [0.15, 0.2) is 0 Å². The maximum atomic E-state index is 11.1. The lowest BCUT2D eigenvalue weighted by Gasteiger charge is -2.25. The van der Waals surface area contributed by atoms with Crippen LogP contribution < -0.4 is 4.74 Å². The number of carboxylic acid groups (broad SMARTS) is 1. The SMILES string of the molecule is COc1c(C)cc(C(=O)O)cc1C1CCCCC1. The van der Waals surface area contributed by atoms with Crippen LogP contribution >= 0.6 is 0 Å². The van der Waals surface area contributed by atoms with E-state index in [1.54, 1.807) is 19.2 Å². The first-order valence-electron chi connectivity index (χ1n) is 6.55. The topological polar surface area (TPSA) is 46.5 Å². The van der Waals surface area contributed by atoms with Crippen molar-refractivity contribution in [3.63, 3.8) is 0 Å². The van der Waals surface area contributed by atoms with Crippen LogP contribution in [-0.2, 0) is 0 Å². The molecule has 1 aromatic carbocycles. The molecule has 0 unspecified atom stereocenters. The highest BCUT2D eigenvalue weighted by Gasteiger charge is 2.22. The number of aryl methyl sites for hydroxylation is 1. The molecule has 0 spiro atoms. The van der Waals surface area contributed by atoms with E-state index in [1.807, 2.05) is 6.92 Å². The third kappa shape index (κ3) is 2.50. The molecule has 0 bridgehead atoms. The molecule has 1 aliphatic rings. The normalized spacial score (nSPS) is 16.6. The van der Waals surface area contributed by atoms with Gasteiger partial charge in [-0.25, -0.2) is 4.79 Å². The highest BCUT2D eigenvalue weighted by atomic mass is 16.5. The average Bonchev–Trinajstić information content (AvgIpc) is 2.38. The zero-order valence-corrected chi connectivity index (χ0v) is 11.0. The Balaban J connectivity index is 2.44. The minimum atomic E-state index is -0.863. The first-order chi connectivity index (χ1) is 8.63. The highest BCUT2D eigenvalue weighted by Crippen LogP contribution is 2.39. The third-order valence-electron chi connectivity index (χ3n) is 3.80. The predicted molar refractivity (Wildman–Crippen MR) is 70.5 cm³/mol. The van der Waals surface area contributed by atoms with Gasteiger partial charge < -0.3 is 9.84 Å². The molecule has 0 radical (unpaired) electrons. The summed E-state index contributed by atoms with van der Waals surface area (Å²) in [4.78, 5) is 11.1. The molecule has 0 aromatic heterocycles. The van der Waals surface area contributed by atoms with Gasteiger partial charge in [0.25, 0.3) is 0 Å². The highest BCUT2D eigenvalue weighted by molar-refractivity contribution is 5.88. The Morgan fingerprint density at radius 1 is 1.28 bits per heavy atom. The number of aromatic carboxylic acids is 1. The molecule has 1 aromatic rings. The molecule has 3 nitrogen and oxygen atoms in total. The summed E-state index contributed by atoms with van der Waals surface area (Å²) in [6, 6.07) is 3.48. The second-order valence-corrected chi connectivity index (χ2v) is 5.06. The second kappa shape index (κ2) is 5.42. The smallest absolute Gasteiger partial charge is 0.335 e. The van der Waals surface area contributed by atoms with Crippen LogP contribution in [-0.4, -0.2) is 18.2 Å². The molecule has 0 atom stereocenters. The molecule has 1 saturated carbocycles. The molecule has 0 saturated heterocycles. The Morgan fingerprint density at radius 2 is 1.94 bits per heavy atom. The van der Waals surface area contributed by atoms with Crippen molar-refractivity contribution in [2.75, 3.05) is 7.11 Å². The van der Waals surface area contributed by atoms with Crippen molar-refractivity contribution < 1.29 is 14.6 Å². The molecular weight excluding hydrogens is 228 g/mol. The Kier molecular flexibility index (Phi) is 3.90. The monoisotopic (exact) mass is 248 g/mol. The summed E-state index contributed by atoms with van der Waals surface area (Å²) in [5, 5.41) is 9.15. The fourth-order valence-electron chi connectivity index (χ4n) is 2.92. The van der Waals surface area contributed by atoms with Crippen LogP contribution in [0.3, 0.4) is 0 Å². The summed E-state index contributed by atoms with van der Waals surface area (Å²) in [6.45, 7) is 1.91. The first kappa shape index (κ1) is 12.9. The molecule has 2 rings (SSSR count). The Labute approximate surface area is 108 Å². The Bertz CT molecular complexity index is 445. The quantitative estimate of drug-likeness (QED) is 0.886. The van der Waals surface area contributed by atoms with E-state index in [2.05, 4.69) is 0 Å². The molecule has 18 heavy (non-hydrogen) atoms. The summed E-state index contributed by atoms with van der Waals surface area (Å²) in [7, 11) is 1.66. The lowest BCUT2D eigenvalue weighted by atomic mass is 9.82. The van der Waals surface area contributed by atoms with Crippen LogP contribution in [0.2, 0.25) is 0 Å². The largest absolute Gasteiger partial charge is 0.496 e. The molecule has 0 heterocycles. The van der Waals surface area contributed by atoms with Gasteiger partial charge in [-0.2, -0.15) is 0 Å². The van der Waals surface area contributed by atoms with E-state index in [4.69, 9.17) is 9.84 Å². The average molecular weight is 248 g/mol. The fraction of sp³-hybridized carbons (Fsp3) is 0.533. The molecular formula is C15H20O3. The number of rotatable bonds is 3. The van der Waals surface area contributed by atoms with Gasteiger partial charge in [-0.3, -0.25) is 0 Å². The number of carbonyl (C=O) groups is 1. The number of hydrogen-bond donors (Lipinski definition) is 1. The standard InChI is InChI=1S/C15H20O3/c1-10-8-12(15(16)17)9-13(14(10)18-2)11-6-4-3-5-7-11/h8-9,11H,3-7H2,1-2H3,(H,16,17). The molecule has 3 heteroatoms. The van der Waals surface area contributed by atoms with Gasteiger partial charge in [0.2, 0.25) is 0 Å². The minimum absolute atomic E-state index is 0.369. The van der Waals surface area contributed by atoms with Gasteiger partial charge in [-0.05, 0) is 48.9 Å². The van der Waals surface area contributed by atoms with Crippen LogP contribution in [0.1, 0.15) is 59.5 Å². The van der Waals surface area contributed by atoms with Gasteiger partial charge in [0, 0.05) is 0 Å². The third-order valence-corrected chi connectivity index (χ3v) is 3.80. The molecule has 0 aliphatic heterocycles. The van der Waals surface area contributed by atoms with E-state index < -0.39 is 5.97 Å². The Hall–Kier alpha value is -1.51. The molecule has 98 valence electrons. The van der Waals surface area contributed by atoms with Crippen molar-refractivity contribution in [1.82, 2.24) is 0 Å². The number of carboxylic acids is 1. The molecule has 1 fully saturated rings. The predicted octanol–water partition coefficient (Wildman–Crippen LogP) is 3.75. The van der Waals surface area contributed by atoms with Crippen LogP contribution in [0, 0.1) is 6.92 Å². The maximum Gasteiger partial charge on any atom is 0.335 e. The van der Waals surface area contributed by atoms with Gasteiger partial charge in [-0.1, -0.05) is 19.3 Å². The zero-order valence-electron chi connectivity index (χ0n) is 11.0. The molecule has 1 N–H and O–H groups in total. The van der Waals surface area contributed by atoms with E-state index in [1.165, 1.54) is 19.3 Å². The van der Waals surface area contributed by atoms with Gasteiger partial charge in [0.1, 0.15) is 5.75 Å². The Morgan fingerprint density at radius 3 is 2.50 bits per heavy atom. The van der Waals surface area contributed by atoms with Crippen molar-refractivity contribution in [2.45, 2.75) is 44.9 Å². The molecule has 0 amide bonds. The number of benzene rings is 1. The summed E-state index contributed by atoms with van der Waals surface area (Å²) < 4.78 is 5.47. The van der Waals surface area contributed by atoms with Crippen molar-refractivity contribution in [3.8, 4) is 5.75 Å². The van der Waals surface area contributed by atoms with E-state index in [9.17, 15) is 4.79 Å².